The summed E-state index contributed by atoms with van der Waals surface area (Å²) in [6, 6.07) is 4.73. The van der Waals surface area contributed by atoms with Gasteiger partial charge < -0.3 is 5.73 Å². The number of rotatable bonds is 3. The molecular formula is C11H14Cl2FN. The van der Waals surface area contributed by atoms with E-state index in [1.807, 2.05) is 0 Å². The van der Waals surface area contributed by atoms with Crippen molar-refractivity contribution < 1.29 is 4.39 Å². The van der Waals surface area contributed by atoms with Crippen LogP contribution in [0.5, 0.6) is 0 Å². The molecule has 84 valence electrons. The summed E-state index contributed by atoms with van der Waals surface area (Å²) in [7, 11) is 0. The molecule has 1 aliphatic rings. The maximum absolute atomic E-state index is 12.9. The van der Waals surface area contributed by atoms with Crippen LogP contribution in [0.4, 0.5) is 4.39 Å². The molecule has 1 aromatic carbocycles. The Morgan fingerprint density at radius 2 is 2.13 bits per heavy atom. The van der Waals surface area contributed by atoms with Crippen LogP contribution in [0.3, 0.4) is 0 Å². The van der Waals surface area contributed by atoms with Crippen molar-refractivity contribution in [3.05, 3.63) is 34.6 Å². The maximum atomic E-state index is 12.9. The fourth-order valence-electron chi connectivity index (χ4n) is 1.59. The van der Waals surface area contributed by atoms with Crippen molar-refractivity contribution in [1.82, 2.24) is 0 Å². The average molecular weight is 250 g/mol. The van der Waals surface area contributed by atoms with Crippen LogP contribution in [0.15, 0.2) is 18.2 Å². The van der Waals surface area contributed by atoms with Gasteiger partial charge in [0.25, 0.3) is 0 Å². The van der Waals surface area contributed by atoms with Gasteiger partial charge in [0.05, 0.1) is 5.02 Å². The van der Waals surface area contributed by atoms with Crippen LogP contribution >= 0.6 is 24.0 Å². The summed E-state index contributed by atoms with van der Waals surface area (Å²) in [6.45, 7) is 0. The second kappa shape index (κ2) is 5.15. The van der Waals surface area contributed by atoms with E-state index in [4.69, 9.17) is 17.3 Å². The predicted octanol–water partition coefficient (Wildman–Crippen LogP) is 3.70. The summed E-state index contributed by atoms with van der Waals surface area (Å²) < 4.78 is 12.9. The van der Waals surface area contributed by atoms with Crippen molar-refractivity contribution in [2.24, 2.45) is 11.7 Å². The first-order chi connectivity index (χ1) is 6.66. The van der Waals surface area contributed by atoms with E-state index in [0.29, 0.717) is 0 Å². The van der Waals surface area contributed by atoms with Gasteiger partial charge in [0, 0.05) is 6.04 Å². The minimum absolute atomic E-state index is 0. The molecule has 0 amide bonds. The van der Waals surface area contributed by atoms with E-state index in [1.54, 1.807) is 12.1 Å². The molecule has 1 fully saturated rings. The zero-order valence-electron chi connectivity index (χ0n) is 8.25. The molecule has 0 radical (unpaired) electrons. The number of hydrogen-bond donors (Lipinski definition) is 1. The molecule has 1 aromatic rings. The molecule has 0 aromatic heterocycles. The molecule has 1 saturated carbocycles. The molecule has 0 aliphatic heterocycles. The van der Waals surface area contributed by atoms with Gasteiger partial charge in [-0.15, -0.1) is 12.4 Å². The van der Waals surface area contributed by atoms with Crippen LogP contribution in [-0.2, 0) is 0 Å². The molecule has 1 aliphatic carbocycles. The van der Waals surface area contributed by atoms with Crippen LogP contribution in [-0.4, -0.2) is 0 Å². The Morgan fingerprint density at radius 3 is 2.67 bits per heavy atom. The standard InChI is InChI=1S/C11H13ClFN.ClH/c12-9-6-8(3-4-10(9)13)11(14)5-7-1-2-7;/h3-4,6-7,11H,1-2,5,14H2;1H/t11-;/m1./s1. The Kier molecular flexibility index (Phi) is 4.38. The Bertz CT molecular complexity index is 339. The highest BCUT2D eigenvalue weighted by Gasteiger charge is 2.24. The lowest BCUT2D eigenvalue weighted by Crippen LogP contribution is -2.10. The molecule has 1 atom stereocenters. The third-order valence-corrected chi connectivity index (χ3v) is 2.95. The first kappa shape index (κ1) is 12.8. The Hall–Kier alpha value is -0.310. The van der Waals surface area contributed by atoms with E-state index in [-0.39, 0.29) is 29.3 Å². The van der Waals surface area contributed by atoms with Crippen molar-refractivity contribution in [2.75, 3.05) is 0 Å². The van der Waals surface area contributed by atoms with Gasteiger partial charge in [0.2, 0.25) is 0 Å². The first-order valence-electron chi connectivity index (χ1n) is 4.87. The zero-order chi connectivity index (χ0) is 10.1. The largest absolute Gasteiger partial charge is 0.324 e. The highest BCUT2D eigenvalue weighted by molar-refractivity contribution is 6.30. The predicted molar refractivity (Wildman–Crippen MR) is 62.9 cm³/mol. The summed E-state index contributed by atoms with van der Waals surface area (Å²) in [5.41, 5.74) is 6.91. The lowest BCUT2D eigenvalue weighted by atomic mass is 10.0. The fraction of sp³-hybridized carbons (Fsp3) is 0.455. The summed E-state index contributed by atoms with van der Waals surface area (Å²) in [4.78, 5) is 0. The monoisotopic (exact) mass is 249 g/mol. The number of halogens is 3. The second-order valence-corrected chi connectivity index (χ2v) is 4.37. The molecule has 2 rings (SSSR count). The lowest BCUT2D eigenvalue weighted by molar-refractivity contribution is 0.591. The average Bonchev–Trinajstić information content (AvgIpc) is 2.93. The van der Waals surface area contributed by atoms with Gasteiger partial charge in [0.15, 0.2) is 0 Å². The minimum atomic E-state index is -0.381. The van der Waals surface area contributed by atoms with Crippen molar-refractivity contribution >= 4 is 24.0 Å². The van der Waals surface area contributed by atoms with Gasteiger partial charge in [-0.05, 0) is 30.0 Å². The Balaban J connectivity index is 0.00000112. The molecule has 1 nitrogen and oxygen atoms in total. The molecule has 2 N–H and O–H groups in total. The molecule has 0 spiro atoms. The smallest absolute Gasteiger partial charge is 0.141 e. The molecule has 0 heterocycles. The highest BCUT2D eigenvalue weighted by Crippen LogP contribution is 2.37. The van der Waals surface area contributed by atoms with Crippen molar-refractivity contribution in [2.45, 2.75) is 25.3 Å². The topological polar surface area (TPSA) is 26.0 Å². The van der Waals surface area contributed by atoms with Crippen molar-refractivity contribution in [3.63, 3.8) is 0 Å². The molecule has 0 unspecified atom stereocenters. The summed E-state index contributed by atoms with van der Waals surface area (Å²) in [5.74, 6) is 0.392. The van der Waals surface area contributed by atoms with Gasteiger partial charge in [0.1, 0.15) is 5.82 Å². The third-order valence-electron chi connectivity index (χ3n) is 2.66. The van der Waals surface area contributed by atoms with Gasteiger partial charge in [-0.3, -0.25) is 0 Å². The Labute approximate surface area is 100 Å². The quantitative estimate of drug-likeness (QED) is 0.869. The highest BCUT2D eigenvalue weighted by atomic mass is 35.5. The minimum Gasteiger partial charge on any atom is -0.324 e. The van der Waals surface area contributed by atoms with Crippen LogP contribution in [0.1, 0.15) is 30.9 Å². The SMILES string of the molecule is Cl.N[C@H](CC1CC1)c1ccc(F)c(Cl)c1. The van der Waals surface area contributed by atoms with E-state index >= 15 is 0 Å². The Morgan fingerprint density at radius 1 is 1.47 bits per heavy atom. The molecule has 0 saturated heterocycles. The van der Waals surface area contributed by atoms with Crippen molar-refractivity contribution in [1.29, 1.82) is 0 Å². The molecule has 4 heteroatoms. The van der Waals surface area contributed by atoms with E-state index in [1.165, 1.54) is 18.9 Å². The summed E-state index contributed by atoms with van der Waals surface area (Å²) in [5, 5.41) is 0.161. The van der Waals surface area contributed by atoms with Crippen LogP contribution in [0.25, 0.3) is 0 Å². The van der Waals surface area contributed by atoms with E-state index < -0.39 is 0 Å². The van der Waals surface area contributed by atoms with E-state index in [9.17, 15) is 4.39 Å². The van der Waals surface area contributed by atoms with Crippen LogP contribution in [0.2, 0.25) is 5.02 Å². The first-order valence-corrected chi connectivity index (χ1v) is 5.25. The molecule has 0 bridgehead atoms. The summed E-state index contributed by atoms with van der Waals surface area (Å²) >= 11 is 5.68. The van der Waals surface area contributed by atoms with E-state index in [0.717, 1.165) is 17.9 Å². The molecule has 15 heavy (non-hydrogen) atoms. The number of nitrogens with two attached hydrogens (primary N) is 1. The zero-order valence-corrected chi connectivity index (χ0v) is 9.82. The fourth-order valence-corrected chi connectivity index (χ4v) is 1.78. The van der Waals surface area contributed by atoms with Crippen LogP contribution in [0, 0.1) is 11.7 Å². The number of benzene rings is 1. The normalized spacial score (nSPS) is 17.0. The van der Waals surface area contributed by atoms with Gasteiger partial charge in [-0.1, -0.05) is 30.5 Å². The van der Waals surface area contributed by atoms with E-state index in [2.05, 4.69) is 0 Å². The summed E-state index contributed by atoms with van der Waals surface area (Å²) in [6.07, 6.45) is 3.55. The lowest BCUT2D eigenvalue weighted by Gasteiger charge is -2.11. The van der Waals surface area contributed by atoms with Gasteiger partial charge in [-0.2, -0.15) is 0 Å². The van der Waals surface area contributed by atoms with Gasteiger partial charge in [-0.25, -0.2) is 4.39 Å². The second-order valence-electron chi connectivity index (χ2n) is 3.96. The van der Waals surface area contributed by atoms with Crippen molar-refractivity contribution in [3.8, 4) is 0 Å². The van der Waals surface area contributed by atoms with Crippen LogP contribution < -0.4 is 5.73 Å². The third kappa shape index (κ3) is 3.33. The number of hydrogen-bond acceptors (Lipinski definition) is 1. The van der Waals surface area contributed by atoms with Gasteiger partial charge >= 0.3 is 0 Å². The maximum Gasteiger partial charge on any atom is 0.141 e. The molecular weight excluding hydrogens is 236 g/mol.